The Labute approximate surface area is 141 Å². The fourth-order valence-electron chi connectivity index (χ4n) is 2.28. The highest BCUT2D eigenvalue weighted by Crippen LogP contribution is 2.13. The fraction of sp³-hybridized carbons (Fsp3) is 0.263. The summed E-state index contributed by atoms with van der Waals surface area (Å²) in [6.07, 6.45) is 0. The Bertz CT molecular complexity index is 728. The van der Waals surface area contributed by atoms with Crippen LogP contribution in [0.5, 0.6) is 0 Å². The minimum absolute atomic E-state index is 0.0485. The number of ketones is 1. The van der Waals surface area contributed by atoms with E-state index < -0.39 is 0 Å². The number of halogens is 1. The van der Waals surface area contributed by atoms with E-state index in [-0.39, 0.29) is 23.5 Å². The van der Waals surface area contributed by atoms with Crippen molar-refractivity contribution in [3.63, 3.8) is 0 Å². The van der Waals surface area contributed by atoms with Crippen molar-refractivity contribution in [1.82, 2.24) is 4.90 Å². The Morgan fingerprint density at radius 2 is 1.83 bits per heavy atom. The normalized spacial score (nSPS) is 12.0. The summed E-state index contributed by atoms with van der Waals surface area (Å²) >= 11 is 0. The fourth-order valence-corrected chi connectivity index (χ4v) is 2.28. The predicted molar refractivity (Wildman–Crippen MR) is 92.4 cm³/mol. The van der Waals surface area contributed by atoms with Gasteiger partial charge < -0.3 is 5.32 Å². The lowest BCUT2D eigenvalue weighted by atomic mass is 10.1. The third-order valence-corrected chi connectivity index (χ3v) is 3.92. The number of rotatable bonds is 6. The number of benzene rings is 2. The molecule has 0 bridgehead atoms. The first-order valence-corrected chi connectivity index (χ1v) is 7.73. The van der Waals surface area contributed by atoms with Gasteiger partial charge >= 0.3 is 0 Å². The van der Waals surface area contributed by atoms with Crippen LogP contribution in [-0.2, 0) is 11.3 Å². The van der Waals surface area contributed by atoms with Gasteiger partial charge in [-0.05, 0) is 50.7 Å². The SMILES string of the molecule is CC(=O)c1cccc(NC(=O)[C@H](C)N(C)Cc2ccc(F)cc2)c1. The second-order valence-corrected chi connectivity index (χ2v) is 5.84. The van der Waals surface area contributed by atoms with Crippen LogP contribution in [0.1, 0.15) is 29.8 Å². The summed E-state index contributed by atoms with van der Waals surface area (Å²) in [4.78, 5) is 25.7. The first-order valence-electron chi connectivity index (χ1n) is 7.73. The lowest BCUT2D eigenvalue weighted by Gasteiger charge is -2.24. The van der Waals surface area contributed by atoms with E-state index in [0.717, 1.165) is 5.56 Å². The second kappa shape index (κ2) is 7.84. The highest BCUT2D eigenvalue weighted by molar-refractivity contribution is 5.98. The van der Waals surface area contributed by atoms with Crippen LogP contribution < -0.4 is 5.32 Å². The highest BCUT2D eigenvalue weighted by Gasteiger charge is 2.18. The number of anilines is 1. The molecule has 1 amide bonds. The van der Waals surface area contributed by atoms with E-state index in [1.807, 2.05) is 11.9 Å². The maximum Gasteiger partial charge on any atom is 0.241 e. The molecule has 0 saturated carbocycles. The molecule has 0 fully saturated rings. The van der Waals surface area contributed by atoms with Gasteiger partial charge in [0.1, 0.15) is 5.82 Å². The molecule has 0 radical (unpaired) electrons. The third-order valence-electron chi connectivity index (χ3n) is 3.92. The summed E-state index contributed by atoms with van der Waals surface area (Å²) in [6, 6.07) is 12.7. The number of carbonyl (C=O) groups is 2. The standard InChI is InChI=1S/C19H21FN2O2/c1-13(22(3)12-15-7-9-17(20)10-8-15)19(24)21-18-6-4-5-16(11-18)14(2)23/h4-11,13H,12H2,1-3H3,(H,21,24)/t13-/m0/s1. The molecule has 0 aliphatic carbocycles. The van der Waals surface area contributed by atoms with Gasteiger partial charge in [0.05, 0.1) is 6.04 Å². The summed E-state index contributed by atoms with van der Waals surface area (Å²) in [6.45, 7) is 3.82. The molecule has 2 rings (SSSR count). The Kier molecular flexibility index (Phi) is 5.82. The number of likely N-dealkylation sites (N-methyl/N-ethyl adjacent to an activating group) is 1. The predicted octanol–water partition coefficient (Wildman–Crippen LogP) is 3.49. The molecule has 1 N–H and O–H groups in total. The first-order chi connectivity index (χ1) is 11.4. The minimum Gasteiger partial charge on any atom is -0.325 e. The lowest BCUT2D eigenvalue weighted by Crippen LogP contribution is -2.39. The average Bonchev–Trinajstić information content (AvgIpc) is 2.56. The van der Waals surface area contributed by atoms with Crippen molar-refractivity contribution in [2.75, 3.05) is 12.4 Å². The third kappa shape index (κ3) is 4.73. The summed E-state index contributed by atoms with van der Waals surface area (Å²) in [7, 11) is 1.83. The molecule has 126 valence electrons. The van der Waals surface area contributed by atoms with Crippen molar-refractivity contribution < 1.29 is 14.0 Å². The molecule has 4 nitrogen and oxygen atoms in total. The molecular formula is C19H21FN2O2. The van der Waals surface area contributed by atoms with Gasteiger partial charge in [-0.2, -0.15) is 0 Å². The van der Waals surface area contributed by atoms with Gasteiger partial charge in [-0.15, -0.1) is 0 Å². The topological polar surface area (TPSA) is 49.4 Å². The number of hydrogen-bond acceptors (Lipinski definition) is 3. The van der Waals surface area contributed by atoms with Gasteiger partial charge in [-0.25, -0.2) is 4.39 Å². The lowest BCUT2D eigenvalue weighted by molar-refractivity contribution is -0.120. The molecule has 0 saturated heterocycles. The quantitative estimate of drug-likeness (QED) is 0.826. The van der Waals surface area contributed by atoms with Crippen LogP contribution in [0.2, 0.25) is 0 Å². The molecule has 1 atom stereocenters. The van der Waals surface area contributed by atoms with Crippen LogP contribution in [0.25, 0.3) is 0 Å². The maximum absolute atomic E-state index is 12.9. The monoisotopic (exact) mass is 328 g/mol. The van der Waals surface area contributed by atoms with Gasteiger partial charge in [-0.3, -0.25) is 14.5 Å². The maximum atomic E-state index is 12.9. The molecule has 24 heavy (non-hydrogen) atoms. The van der Waals surface area contributed by atoms with Crippen LogP contribution in [0.4, 0.5) is 10.1 Å². The largest absolute Gasteiger partial charge is 0.325 e. The number of amides is 1. The number of nitrogens with zero attached hydrogens (tertiary/aromatic N) is 1. The number of hydrogen-bond donors (Lipinski definition) is 1. The van der Waals surface area contributed by atoms with Crippen molar-refractivity contribution in [2.24, 2.45) is 0 Å². The first kappa shape index (κ1) is 17.8. The molecule has 0 unspecified atom stereocenters. The second-order valence-electron chi connectivity index (χ2n) is 5.84. The molecule has 0 aliphatic rings. The Morgan fingerprint density at radius 3 is 2.46 bits per heavy atom. The van der Waals surface area contributed by atoms with Gasteiger partial charge in [-0.1, -0.05) is 24.3 Å². The molecule has 5 heteroatoms. The minimum atomic E-state index is -0.379. The van der Waals surface area contributed by atoms with Gasteiger partial charge in [0.25, 0.3) is 0 Å². The van der Waals surface area contributed by atoms with Crippen molar-refractivity contribution >= 4 is 17.4 Å². The molecule has 2 aromatic carbocycles. The number of Topliss-reactive ketones (excluding diaryl/α,β-unsaturated/α-hetero) is 1. The zero-order valence-corrected chi connectivity index (χ0v) is 14.0. The van der Waals surface area contributed by atoms with Crippen molar-refractivity contribution in [3.8, 4) is 0 Å². The zero-order valence-electron chi connectivity index (χ0n) is 14.0. The molecule has 0 spiro atoms. The van der Waals surface area contributed by atoms with Crippen LogP contribution in [0.3, 0.4) is 0 Å². The van der Waals surface area contributed by atoms with Gasteiger partial charge in [0, 0.05) is 17.8 Å². The Morgan fingerprint density at radius 1 is 1.17 bits per heavy atom. The average molecular weight is 328 g/mol. The van der Waals surface area contributed by atoms with Crippen molar-refractivity contribution in [1.29, 1.82) is 0 Å². The summed E-state index contributed by atoms with van der Waals surface area (Å²) in [5.41, 5.74) is 2.08. The van der Waals surface area contributed by atoms with E-state index in [9.17, 15) is 14.0 Å². The molecule has 2 aromatic rings. The summed E-state index contributed by atoms with van der Waals surface area (Å²) in [5.74, 6) is -0.495. The Hall–Kier alpha value is -2.53. The van der Waals surface area contributed by atoms with E-state index in [0.29, 0.717) is 17.8 Å². The zero-order chi connectivity index (χ0) is 17.7. The summed E-state index contributed by atoms with van der Waals surface area (Å²) < 4.78 is 12.9. The summed E-state index contributed by atoms with van der Waals surface area (Å²) in [5, 5.41) is 2.82. The highest BCUT2D eigenvalue weighted by atomic mass is 19.1. The van der Waals surface area contributed by atoms with Crippen LogP contribution in [0, 0.1) is 5.82 Å². The van der Waals surface area contributed by atoms with Crippen molar-refractivity contribution in [2.45, 2.75) is 26.4 Å². The van der Waals surface area contributed by atoms with Crippen LogP contribution in [0.15, 0.2) is 48.5 Å². The van der Waals surface area contributed by atoms with E-state index in [4.69, 9.17) is 0 Å². The molecular weight excluding hydrogens is 307 g/mol. The van der Waals surface area contributed by atoms with E-state index >= 15 is 0 Å². The van der Waals surface area contributed by atoms with Gasteiger partial charge in [0.2, 0.25) is 5.91 Å². The molecule has 0 heterocycles. The Balaban J connectivity index is 1.99. The van der Waals surface area contributed by atoms with Crippen molar-refractivity contribution in [3.05, 3.63) is 65.5 Å². The number of carbonyl (C=O) groups excluding carboxylic acids is 2. The van der Waals surface area contributed by atoms with E-state index in [2.05, 4.69) is 5.32 Å². The number of nitrogens with one attached hydrogen (secondary N) is 1. The molecule has 0 aliphatic heterocycles. The van der Waals surface area contributed by atoms with Crippen LogP contribution >= 0.6 is 0 Å². The van der Waals surface area contributed by atoms with E-state index in [1.54, 1.807) is 43.3 Å². The van der Waals surface area contributed by atoms with E-state index in [1.165, 1.54) is 19.1 Å². The van der Waals surface area contributed by atoms with Gasteiger partial charge in [0.15, 0.2) is 5.78 Å². The van der Waals surface area contributed by atoms with Crippen LogP contribution in [-0.4, -0.2) is 29.7 Å². The molecule has 0 aromatic heterocycles. The smallest absolute Gasteiger partial charge is 0.241 e.